The van der Waals surface area contributed by atoms with Gasteiger partial charge in [0.15, 0.2) is 5.13 Å². The van der Waals surface area contributed by atoms with E-state index in [4.69, 9.17) is 9.47 Å². The van der Waals surface area contributed by atoms with Gasteiger partial charge in [-0.2, -0.15) is 0 Å². The summed E-state index contributed by atoms with van der Waals surface area (Å²) >= 11 is 1.44. The van der Waals surface area contributed by atoms with E-state index in [1.165, 1.54) is 17.5 Å². The third-order valence-corrected chi connectivity index (χ3v) is 6.99. The van der Waals surface area contributed by atoms with E-state index >= 15 is 0 Å². The Bertz CT molecular complexity index is 1160. The van der Waals surface area contributed by atoms with Gasteiger partial charge in [0.25, 0.3) is 11.8 Å². The number of carbonyl (C=O) groups is 2. The van der Waals surface area contributed by atoms with Crippen LogP contribution in [0.4, 0.5) is 5.13 Å². The van der Waals surface area contributed by atoms with Crippen molar-refractivity contribution in [3.8, 4) is 6.01 Å². The van der Waals surface area contributed by atoms with Crippen LogP contribution in [0.25, 0.3) is 0 Å². The van der Waals surface area contributed by atoms with Crippen molar-refractivity contribution in [1.29, 1.82) is 0 Å². The number of anilines is 1. The van der Waals surface area contributed by atoms with Crippen molar-refractivity contribution in [3.63, 3.8) is 0 Å². The standard InChI is InChI=1S/C24H27N7O4S/c32-21(16-3-1-7-25-14-16)28-17-6-12-34-20(13-17)30-22(33)19-15-36-24(29-19)31-10-4-18(5-11-31)35-23-26-8-2-9-27-23/h1-3,7-9,14-15,17-18,20H,4-6,10-13H2,(H,28,32)(H,30,33). The Hall–Kier alpha value is -3.64. The first kappa shape index (κ1) is 24.1. The first-order chi connectivity index (χ1) is 17.6. The molecule has 11 nitrogen and oxygen atoms in total. The lowest BCUT2D eigenvalue weighted by Gasteiger charge is -2.31. The first-order valence-electron chi connectivity index (χ1n) is 11.9. The minimum absolute atomic E-state index is 0.0569. The molecular formula is C24H27N7O4S. The molecule has 0 aliphatic carbocycles. The molecule has 2 fully saturated rings. The summed E-state index contributed by atoms with van der Waals surface area (Å²) in [4.78, 5) is 44.2. The van der Waals surface area contributed by atoms with Crippen molar-refractivity contribution in [1.82, 2.24) is 30.6 Å². The van der Waals surface area contributed by atoms with Crippen LogP contribution in [-0.4, -0.2) is 69.8 Å². The number of nitrogens with zero attached hydrogens (tertiary/aromatic N) is 5. The third kappa shape index (κ3) is 6.13. The van der Waals surface area contributed by atoms with Crippen LogP contribution in [0.5, 0.6) is 6.01 Å². The Morgan fingerprint density at radius 1 is 1.06 bits per heavy atom. The number of thiazole rings is 1. The van der Waals surface area contributed by atoms with Gasteiger partial charge in [0.2, 0.25) is 0 Å². The smallest absolute Gasteiger partial charge is 0.316 e. The van der Waals surface area contributed by atoms with Crippen molar-refractivity contribution in [2.45, 2.75) is 44.1 Å². The normalized spacial score (nSPS) is 20.5. The summed E-state index contributed by atoms with van der Waals surface area (Å²) in [6.07, 6.45) is 8.84. The first-order valence-corrected chi connectivity index (χ1v) is 12.8. The lowest BCUT2D eigenvalue weighted by atomic mass is 10.1. The Kier molecular flexibility index (Phi) is 7.62. The molecule has 36 heavy (non-hydrogen) atoms. The zero-order valence-corrected chi connectivity index (χ0v) is 20.4. The van der Waals surface area contributed by atoms with Gasteiger partial charge in [0.05, 0.1) is 12.2 Å². The number of aromatic nitrogens is 4. The van der Waals surface area contributed by atoms with Crippen LogP contribution < -0.4 is 20.3 Å². The highest BCUT2D eigenvalue weighted by molar-refractivity contribution is 7.13. The minimum atomic E-state index is -0.497. The van der Waals surface area contributed by atoms with Gasteiger partial charge in [0, 0.05) is 68.6 Å². The van der Waals surface area contributed by atoms with Gasteiger partial charge < -0.3 is 25.0 Å². The van der Waals surface area contributed by atoms with E-state index in [9.17, 15) is 9.59 Å². The molecule has 5 rings (SSSR count). The van der Waals surface area contributed by atoms with Crippen LogP contribution >= 0.6 is 11.3 Å². The summed E-state index contributed by atoms with van der Waals surface area (Å²) in [7, 11) is 0. The molecule has 0 bridgehead atoms. The maximum absolute atomic E-state index is 12.8. The Balaban J connectivity index is 1.09. The number of nitrogens with one attached hydrogen (secondary N) is 2. The van der Waals surface area contributed by atoms with Gasteiger partial charge in [-0.1, -0.05) is 0 Å². The van der Waals surface area contributed by atoms with Gasteiger partial charge in [-0.25, -0.2) is 15.0 Å². The van der Waals surface area contributed by atoms with Gasteiger partial charge in [-0.15, -0.1) is 11.3 Å². The number of rotatable bonds is 7. The second-order valence-electron chi connectivity index (χ2n) is 8.62. The molecule has 0 saturated carbocycles. The molecule has 12 heteroatoms. The molecule has 188 valence electrons. The fourth-order valence-electron chi connectivity index (χ4n) is 4.19. The number of piperidine rings is 1. The van der Waals surface area contributed by atoms with Crippen LogP contribution in [-0.2, 0) is 4.74 Å². The number of hydrogen-bond acceptors (Lipinski definition) is 10. The molecule has 2 saturated heterocycles. The molecule has 2 aliphatic heterocycles. The van der Waals surface area contributed by atoms with Crippen LogP contribution in [0.1, 0.15) is 46.5 Å². The highest BCUT2D eigenvalue weighted by atomic mass is 32.1. The molecule has 2 N–H and O–H groups in total. The van der Waals surface area contributed by atoms with Crippen molar-refractivity contribution in [3.05, 3.63) is 59.6 Å². The van der Waals surface area contributed by atoms with Gasteiger partial charge in [-0.3, -0.25) is 14.6 Å². The molecule has 0 radical (unpaired) electrons. The lowest BCUT2D eigenvalue weighted by Crippen LogP contribution is -2.48. The highest BCUT2D eigenvalue weighted by Gasteiger charge is 2.28. The quantitative estimate of drug-likeness (QED) is 0.491. The average Bonchev–Trinajstić information content (AvgIpc) is 3.41. The predicted octanol–water partition coefficient (Wildman–Crippen LogP) is 2.04. The fraction of sp³-hybridized carbons (Fsp3) is 0.417. The lowest BCUT2D eigenvalue weighted by molar-refractivity contribution is -0.0141. The molecule has 2 amide bonds. The Labute approximate surface area is 212 Å². The van der Waals surface area contributed by atoms with E-state index < -0.39 is 6.23 Å². The fourth-order valence-corrected chi connectivity index (χ4v) is 5.05. The molecular weight excluding hydrogens is 482 g/mol. The largest absolute Gasteiger partial charge is 0.460 e. The number of amides is 2. The SMILES string of the molecule is O=C(NC1CCOC(NC(=O)c2csc(N3CCC(Oc4ncccn4)CC3)n2)C1)c1cccnc1. The van der Waals surface area contributed by atoms with Crippen LogP contribution in [0.2, 0.25) is 0 Å². The summed E-state index contributed by atoms with van der Waals surface area (Å²) < 4.78 is 11.6. The maximum atomic E-state index is 12.8. The van der Waals surface area contributed by atoms with E-state index in [2.05, 4.69) is 35.5 Å². The molecule has 2 aliphatic rings. The number of carbonyl (C=O) groups excluding carboxylic acids is 2. The van der Waals surface area contributed by atoms with E-state index in [0.717, 1.165) is 31.1 Å². The van der Waals surface area contributed by atoms with Crippen molar-refractivity contribution >= 4 is 28.3 Å². The Morgan fingerprint density at radius 3 is 2.67 bits per heavy atom. The van der Waals surface area contributed by atoms with Crippen LogP contribution in [0.3, 0.4) is 0 Å². The van der Waals surface area contributed by atoms with Gasteiger partial charge >= 0.3 is 6.01 Å². The molecule has 3 aromatic heterocycles. The van der Waals surface area contributed by atoms with E-state index in [-0.39, 0.29) is 24.0 Å². The number of hydrogen-bond donors (Lipinski definition) is 2. The van der Waals surface area contributed by atoms with Crippen LogP contribution in [0, 0.1) is 0 Å². The van der Waals surface area contributed by atoms with Crippen molar-refractivity contribution < 1.29 is 19.1 Å². The highest BCUT2D eigenvalue weighted by Crippen LogP contribution is 2.25. The molecule has 2 atom stereocenters. The number of ether oxygens (including phenoxy) is 2. The van der Waals surface area contributed by atoms with Gasteiger partial charge in [0.1, 0.15) is 18.0 Å². The zero-order valence-electron chi connectivity index (χ0n) is 19.6. The average molecular weight is 510 g/mol. The summed E-state index contributed by atoms with van der Waals surface area (Å²) in [5.41, 5.74) is 0.861. The summed E-state index contributed by atoms with van der Waals surface area (Å²) in [6.45, 7) is 1.99. The molecule has 3 aromatic rings. The van der Waals surface area contributed by atoms with E-state index in [1.54, 1.807) is 42.2 Å². The van der Waals surface area contributed by atoms with E-state index in [0.29, 0.717) is 36.7 Å². The van der Waals surface area contributed by atoms with Gasteiger partial charge in [-0.05, 0) is 24.6 Å². The summed E-state index contributed by atoms with van der Waals surface area (Å²) in [5, 5.41) is 8.46. The maximum Gasteiger partial charge on any atom is 0.316 e. The summed E-state index contributed by atoms with van der Waals surface area (Å²) in [5.74, 6) is -0.476. The third-order valence-electron chi connectivity index (χ3n) is 6.09. The monoisotopic (exact) mass is 509 g/mol. The van der Waals surface area contributed by atoms with Crippen molar-refractivity contribution in [2.75, 3.05) is 24.6 Å². The molecule has 0 spiro atoms. The zero-order chi connectivity index (χ0) is 24.7. The second-order valence-corrected chi connectivity index (χ2v) is 9.46. The minimum Gasteiger partial charge on any atom is -0.460 e. The molecule has 0 aromatic carbocycles. The molecule has 5 heterocycles. The van der Waals surface area contributed by atoms with E-state index in [1.807, 2.05) is 0 Å². The Morgan fingerprint density at radius 2 is 1.89 bits per heavy atom. The van der Waals surface area contributed by atoms with Crippen molar-refractivity contribution in [2.24, 2.45) is 0 Å². The summed E-state index contributed by atoms with van der Waals surface area (Å²) in [6, 6.07) is 5.49. The second kappa shape index (κ2) is 11.4. The molecule has 2 unspecified atom stereocenters. The van der Waals surface area contributed by atoms with Crippen LogP contribution in [0.15, 0.2) is 48.4 Å². The number of pyridine rings is 1. The predicted molar refractivity (Wildman–Crippen MR) is 132 cm³/mol. The topological polar surface area (TPSA) is 131 Å².